The molecule has 3 aromatic rings. The zero-order valence-corrected chi connectivity index (χ0v) is 21.7. The monoisotopic (exact) mass is 520 g/mol. The van der Waals surface area contributed by atoms with Crippen LogP contribution in [0.2, 0.25) is 0 Å². The summed E-state index contributed by atoms with van der Waals surface area (Å²) in [4.78, 5) is 29.6. The van der Waals surface area contributed by atoms with Crippen LogP contribution in [0, 0.1) is 0 Å². The maximum atomic E-state index is 14.1. The van der Waals surface area contributed by atoms with Crippen molar-refractivity contribution in [3.8, 4) is 21.9 Å². The van der Waals surface area contributed by atoms with E-state index in [1.165, 1.54) is 31.3 Å². The molecule has 0 bridgehead atoms. The van der Waals surface area contributed by atoms with Gasteiger partial charge in [0, 0.05) is 0 Å². The number of thiazole rings is 1. The molecular formula is C23H29N4O6PS. The van der Waals surface area contributed by atoms with Gasteiger partial charge in [-0.25, -0.2) is 15.2 Å². The molecule has 0 amide bonds. The second-order valence-corrected chi connectivity index (χ2v) is 10.8. The molecule has 10 nitrogen and oxygen atoms in total. The number of nitrogens with one attached hydrogen (secondary N) is 2. The minimum Gasteiger partial charge on any atom is -0.465 e. The number of hydrogen-bond acceptors (Lipinski definition) is 9. The molecule has 0 aliphatic carbocycles. The lowest BCUT2D eigenvalue weighted by Gasteiger charge is -2.24. The Bertz CT molecular complexity index is 1180. The molecule has 2 atom stereocenters. The number of anilines is 1. The van der Waals surface area contributed by atoms with E-state index in [4.69, 9.17) is 19.6 Å². The van der Waals surface area contributed by atoms with Crippen molar-refractivity contribution in [2.75, 3.05) is 18.9 Å². The Morgan fingerprint density at radius 1 is 1.03 bits per heavy atom. The molecule has 2 heterocycles. The largest absolute Gasteiger partial charge is 0.465 e. The molecule has 12 heteroatoms. The van der Waals surface area contributed by atoms with E-state index in [9.17, 15) is 14.2 Å². The molecule has 35 heavy (non-hydrogen) atoms. The zero-order valence-electron chi connectivity index (χ0n) is 19.9. The van der Waals surface area contributed by atoms with Gasteiger partial charge in [0.05, 0.1) is 18.1 Å². The summed E-state index contributed by atoms with van der Waals surface area (Å²) in [5, 5.41) is 5.88. The molecule has 0 saturated carbocycles. The molecule has 0 saturated heterocycles. The number of hydrogen-bond donors (Lipinski definition) is 3. The maximum Gasteiger partial charge on any atom is 0.323 e. The van der Waals surface area contributed by atoms with E-state index in [0.717, 1.165) is 10.4 Å². The van der Waals surface area contributed by atoms with Gasteiger partial charge in [0.25, 0.3) is 7.44 Å². The Balaban J connectivity index is 1.99. The van der Waals surface area contributed by atoms with Crippen molar-refractivity contribution in [2.45, 2.75) is 39.8 Å². The quantitative estimate of drug-likeness (QED) is 0.253. The van der Waals surface area contributed by atoms with Crippen LogP contribution in [0.3, 0.4) is 0 Å². The van der Waals surface area contributed by atoms with Gasteiger partial charge in [0.2, 0.25) is 0 Å². The molecule has 2 aromatic heterocycles. The second-order valence-electron chi connectivity index (χ2n) is 7.55. The van der Waals surface area contributed by atoms with Gasteiger partial charge in [0.15, 0.2) is 16.4 Å². The predicted molar refractivity (Wildman–Crippen MR) is 135 cm³/mol. The first-order valence-electron chi connectivity index (χ1n) is 11.1. The Morgan fingerprint density at radius 3 is 2.14 bits per heavy atom. The van der Waals surface area contributed by atoms with E-state index >= 15 is 0 Å². The molecule has 0 spiro atoms. The summed E-state index contributed by atoms with van der Waals surface area (Å²) >= 11 is 1.30. The number of nitrogens with zero attached hydrogens (tertiary/aromatic N) is 1. The van der Waals surface area contributed by atoms with Crippen LogP contribution in [0.4, 0.5) is 5.13 Å². The summed E-state index contributed by atoms with van der Waals surface area (Å²) in [6, 6.07) is 10.8. The van der Waals surface area contributed by atoms with E-state index in [-0.39, 0.29) is 18.7 Å². The van der Waals surface area contributed by atoms with Gasteiger partial charge in [0.1, 0.15) is 17.8 Å². The number of furan rings is 1. The van der Waals surface area contributed by atoms with Gasteiger partial charge in [-0.3, -0.25) is 14.2 Å². The van der Waals surface area contributed by atoms with E-state index in [1.54, 1.807) is 19.9 Å². The van der Waals surface area contributed by atoms with Crippen LogP contribution in [0.15, 0.2) is 46.9 Å². The molecule has 3 rings (SSSR count). The molecule has 0 radical (unpaired) electrons. The number of nitrogens with two attached hydrogens (primary N) is 1. The fourth-order valence-electron chi connectivity index (χ4n) is 3.26. The fraction of sp³-hybridized carbons (Fsp3) is 0.348. The van der Waals surface area contributed by atoms with Crippen molar-refractivity contribution < 1.29 is 28.0 Å². The van der Waals surface area contributed by atoms with Gasteiger partial charge in [-0.2, -0.15) is 0 Å². The third-order valence-corrected chi connectivity index (χ3v) is 8.14. The SMILES string of the molecule is CCOC(=O)[C@H](C)NP(=O)(N[C@@H](C)C(=O)OCC)c1ccc(-c2nc(N)sc2-c2ccccc2)o1. The number of nitrogen functional groups attached to an aromatic ring is 1. The highest BCUT2D eigenvalue weighted by Crippen LogP contribution is 2.42. The van der Waals surface area contributed by atoms with Gasteiger partial charge in [-0.15, -0.1) is 0 Å². The Morgan fingerprint density at radius 2 is 1.60 bits per heavy atom. The van der Waals surface area contributed by atoms with Crippen molar-refractivity contribution in [2.24, 2.45) is 0 Å². The number of carbonyl (C=O) groups excluding carboxylic acids is 2. The van der Waals surface area contributed by atoms with Crippen LogP contribution >= 0.6 is 18.8 Å². The van der Waals surface area contributed by atoms with Crippen LogP contribution in [0.1, 0.15) is 27.7 Å². The topological polar surface area (TPSA) is 146 Å². The maximum absolute atomic E-state index is 14.1. The molecule has 0 aliphatic rings. The van der Waals surface area contributed by atoms with Crippen LogP contribution in [0.25, 0.3) is 21.9 Å². The Kier molecular flexibility index (Phi) is 8.85. The minimum absolute atomic E-state index is 0.00498. The molecule has 0 unspecified atom stereocenters. The molecule has 0 aliphatic heterocycles. The highest BCUT2D eigenvalue weighted by molar-refractivity contribution is 7.67. The highest BCUT2D eigenvalue weighted by Gasteiger charge is 2.36. The summed E-state index contributed by atoms with van der Waals surface area (Å²) in [6.45, 7) is 6.71. The number of carbonyl (C=O) groups is 2. The first-order chi connectivity index (χ1) is 16.7. The molecule has 4 N–H and O–H groups in total. The van der Waals surface area contributed by atoms with E-state index in [0.29, 0.717) is 16.6 Å². The third kappa shape index (κ3) is 6.37. The van der Waals surface area contributed by atoms with E-state index in [2.05, 4.69) is 15.2 Å². The second kappa shape index (κ2) is 11.6. The predicted octanol–water partition coefficient (Wildman–Crippen LogP) is 3.55. The van der Waals surface area contributed by atoms with Gasteiger partial charge < -0.3 is 19.6 Å². The summed E-state index contributed by atoms with van der Waals surface area (Å²) in [6.07, 6.45) is 0. The standard InChI is InChI=1S/C23H29N4O6PS/c1-5-31-21(28)14(3)26-34(30,27-15(4)22(29)32-6-2)18-13-12-17(33-18)19-20(35-23(24)25-19)16-10-8-7-9-11-16/h7-15H,5-6H2,1-4H3,(H2,24,25)(H2,26,27,30)/t14-,15-/m0/s1. The summed E-state index contributed by atoms with van der Waals surface area (Å²) in [7, 11) is -3.84. The molecule has 0 fully saturated rings. The van der Waals surface area contributed by atoms with Crippen LogP contribution in [-0.4, -0.2) is 42.2 Å². The minimum atomic E-state index is -3.84. The zero-order chi connectivity index (χ0) is 25.6. The van der Waals surface area contributed by atoms with Crippen LogP contribution in [-0.2, 0) is 23.6 Å². The number of aromatic nitrogens is 1. The van der Waals surface area contributed by atoms with Crippen LogP contribution in [0.5, 0.6) is 0 Å². The third-order valence-electron chi connectivity index (χ3n) is 4.85. The van der Waals surface area contributed by atoms with Gasteiger partial charge >= 0.3 is 11.9 Å². The Labute approximate surface area is 207 Å². The molecule has 188 valence electrons. The number of ether oxygens (including phenoxy) is 2. The number of benzene rings is 1. The van der Waals surface area contributed by atoms with E-state index < -0.39 is 31.5 Å². The average molecular weight is 521 g/mol. The lowest BCUT2D eigenvalue weighted by molar-refractivity contribution is -0.145. The van der Waals surface area contributed by atoms with Crippen molar-refractivity contribution in [1.82, 2.24) is 15.2 Å². The first kappa shape index (κ1) is 26.6. The lowest BCUT2D eigenvalue weighted by Crippen LogP contribution is -2.44. The lowest BCUT2D eigenvalue weighted by atomic mass is 10.1. The average Bonchev–Trinajstić information content (AvgIpc) is 3.47. The Hall–Kier alpha value is -2.98. The van der Waals surface area contributed by atoms with Crippen molar-refractivity contribution in [3.05, 3.63) is 42.5 Å². The normalized spacial score (nSPS) is 13.3. The fourth-order valence-corrected chi connectivity index (χ4v) is 6.25. The smallest absolute Gasteiger partial charge is 0.323 e. The summed E-state index contributed by atoms with van der Waals surface area (Å²) in [5.74, 6) is -0.851. The van der Waals surface area contributed by atoms with Crippen molar-refractivity contribution in [1.29, 1.82) is 0 Å². The first-order valence-corrected chi connectivity index (χ1v) is 13.6. The van der Waals surface area contributed by atoms with Gasteiger partial charge in [-0.05, 0) is 45.4 Å². The molecule has 1 aromatic carbocycles. The number of esters is 2. The van der Waals surface area contributed by atoms with Gasteiger partial charge in [-0.1, -0.05) is 41.7 Å². The summed E-state index contributed by atoms with van der Waals surface area (Å²) < 4.78 is 30.1. The van der Waals surface area contributed by atoms with E-state index in [1.807, 2.05) is 30.3 Å². The highest BCUT2D eigenvalue weighted by atomic mass is 32.1. The molecular weight excluding hydrogens is 491 g/mol. The summed E-state index contributed by atoms with van der Waals surface area (Å²) in [5.41, 5.74) is 7.39. The van der Waals surface area contributed by atoms with Crippen molar-refractivity contribution in [3.63, 3.8) is 0 Å². The number of rotatable bonds is 11. The van der Waals surface area contributed by atoms with Crippen LogP contribution < -0.4 is 21.4 Å². The van der Waals surface area contributed by atoms with Crippen molar-refractivity contribution >= 4 is 41.4 Å².